The molecule has 3 fully saturated rings. The summed E-state index contributed by atoms with van der Waals surface area (Å²) >= 11 is 0. The molecule has 6 nitrogen and oxygen atoms in total. The van der Waals surface area contributed by atoms with Gasteiger partial charge in [-0.25, -0.2) is 4.79 Å². The third-order valence-corrected chi connectivity index (χ3v) is 5.02. The van der Waals surface area contributed by atoms with E-state index >= 15 is 0 Å². The number of rotatable bonds is 1. The lowest BCUT2D eigenvalue weighted by atomic mass is 9.86. The van der Waals surface area contributed by atoms with E-state index in [-0.39, 0.29) is 17.6 Å². The Kier molecular flexibility index (Phi) is 4.10. The van der Waals surface area contributed by atoms with Crippen LogP contribution in [0, 0.1) is 0 Å². The van der Waals surface area contributed by atoms with E-state index in [9.17, 15) is 9.59 Å². The van der Waals surface area contributed by atoms with E-state index in [4.69, 9.17) is 9.47 Å². The number of carbonyl (C=O) groups is 2. The van der Waals surface area contributed by atoms with Gasteiger partial charge in [-0.1, -0.05) is 0 Å². The van der Waals surface area contributed by atoms with Crippen LogP contribution in [0.1, 0.15) is 60.3 Å². The Labute approximate surface area is 144 Å². The Bertz CT molecular complexity index is 526. The van der Waals surface area contributed by atoms with E-state index < -0.39 is 11.2 Å². The first-order valence-corrected chi connectivity index (χ1v) is 9.01. The Morgan fingerprint density at radius 2 is 1.79 bits per heavy atom. The van der Waals surface area contributed by atoms with Crippen LogP contribution in [0.2, 0.25) is 0 Å². The van der Waals surface area contributed by atoms with Gasteiger partial charge >= 0.3 is 6.09 Å². The van der Waals surface area contributed by atoms with Crippen LogP contribution < -0.4 is 0 Å². The van der Waals surface area contributed by atoms with Gasteiger partial charge in [-0.2, -0.15) is 0 Å². The Morgan fingerprint density at radius 3 is 2.29 bits per heavy atom. The standard InChI is InChI=1S/C18H30N2O4/c1-16(2,3)23-15(22)19-10-8-18(9-11-19)12-20(13-6-7-13)14(21)17(4,5)24-18/h13H,6-12H2,1-5H3. The van der Waals surface area contributed by atoms with Crippen molar-refractivity contribution in [2.24, 2.45) is 0 Å². The van der Waals surface area contributed by atoms with Crippen molar-refractivity contribution in [1.29, 1.82) is 0 Å². The SMILES string of the molecule is CC(C)(C)OC(=O)N1CCC2(CC1)CN(C1CC1)C(=O)C(C)(C)O2. The largest absolute Gasteiger partial charge is 0.444 e. The number of amides is 2. The zero-order chi connectivity index (χ0) is 17.8. The van der Waals surface area contributed by atoms with Crippen LogP contribution in [-0.4, -0.2) is 64.3 Å². The average Bonchev–Trinajstić information content (AvgIpc) is 3.26. The van der Waals surface area contributed by atoms with E-state index in [0.29, 0.717) is 25.7 Å². The molecule has 2 amide bonds. The van der Waals surface area contributed by atoms with Crippen molar-refractivity contribution in [2.45, 2.75) is 83.1 Å². The molecule has 3 aliphatic rings. The van der Waals surface area contributed by atoms with Crippen molar-refractivity contribution in [2.75, 3.05) is 19.6 Å². The Hall–Kier alpha value is -1.30. The molecule has 1 spiro atoms. The van der Waals surface area contributed by atoms with E-state index in [1.165, 1.54) is 0 Å². The van der Waals surface area contributed by atoms with E-state index in [1.807, 2.05) is 39.5 Å². The first kappa shape index (κ1) is 17.5. The first-order chi connectivity index (χ1) is 11.0. The topological polar surface area (TPSA) is 59.1 Å². The van der Waals surface area contributed by atoms with Gasteiger partial charge in [0.05, 0.1) is 12.1 Å². The van der Waals surface area contributed by atoms with Gasteiger partial charge in [-0.05, 0) is 60.3 Å². The van der Waals surface area contributed by atoms with Crippen molar-refractivity contribution >= 4 is 12.0 Å². The lowest BCUT2D eigenvalue weighted by Gasteiger charge is -2.52. The van der Waals surface area contributed by atoms with Crippen LogP contribution >= 0.6 is 0 Å². The van der Waals surface area contributed by atoms with Gasteiger partial charge in [0.15, 0.2) is 0 Å². The van der Waals surface area contributed by atoms with Crippen LogP contribution in [0.15, 0.2) is 0 Å². The van der Waals surface area contributed by atoms with Gasteiger partial charge in [0, 0.05) is 19.1 Å². The highest BCUT2D eigenvalue weighted by Gasteiger charge is 2.53. The molecule has 6 heteroatoms. The van der Waals surface area contributed by atoms with Crippen molar-refractivity contribution in [3.63, 3.8) is 0 Å². The summed E-state index contributed by atoms with van der Waals surface area (Å²) in [5, 5.41) is 0. The number of carbonyl (C=O) groups excluding carboxylic acids is 2. The van der Waals surface area contributed by atoms with Crippen LogP contribution in [0.25, 0.3) is 0 Å². The molecule has 0 unspecified atom stereocenters. The van der Waals surface area contributed by atoms with Gasteiger partial charge in [-0.15, -0.1) is 0 Å². The molecule has 0 aromatic carbocycles. The second-order valence-electron chi connectivity index (χ2n) is 8.93. The molecular formula is C18H30N2O4. The predicted octanol–water partition coefficient (Wildman–Crippen LogP) is 2.56. The summed E-state index contributed by atoms with van der Waals surface area (Å²) in [7, 11) is 0. The number of likely N-dealkylation sites (tertiary alicyclic amines) is 1. The fraction of sp³-hybridized carbons (Fsp3) is 0.889. The quantitative estimate of drug-likeness (QED) is 0.737. The third-order valence-electron chi connectivity index (χ3n) is 5.02. The molecule has 0 atom stereocenters. The smallest absolute Gasteiger partial charge is 0.410 e. The number of nitrogens with zero attached hydrogens (tertiary/aromatic N) is 2. The summed E-state index contributed by atoms with van der Waals surface area (Å²) in [5.74, 6) is 0.102. The molecular weight excluding hydrogens is 308 g/mol. The molecule has 0 bridgehead atoms. The molecule has 24 heavy (non-hydrogen) atoms. The maximum atomic E-state index is 12.6. The third kappa shape index (κ3) is 3.53. The predicted molar refractivity (Wildman–Crippen MR) is 89.7 cm³/mol. The summed E-state index contributed by atoms with van der Waals surface area (Å²) in [6, 6.07) is 0.390. The molecule has 0 aromatic heterocycles. The van der Waals surface area contributed by atoms with Crippen LogP contribution in [0.5, 0.6) is 0 Å². The zero-order valence-corrected chi connectivity index (χ0v) is 15.6. The molecule has 1 aliphatic carbocycles. The summed E-state index contributed by atoms with van der Waals surface area (Å²) < 4.78 is 11.7. The summed E-state index contributed by atoms with van der Waals surface area (Å²) in [6.07, 6.45) is 3.42. The van der Waals surface area contributed by atoms with Gasteiger partial charge in [0.1, 0.15) is 11.2 Å². The Morgan fingerprint density at radius 1 is 1.21 bits per heavy atom. The zero-order valence-electron chi connectivity index (χ0n) is 15.6. The minimum atomic E-state index is -0.783. The van der Waals surface area contributed by atoms with Crippen LogP contribution in [0.3, 0.4) is 0 Å². The van der Waals surface area contributed by atoms with Crippen molar-refractivity contribution < 1.29 is 19.1 Å². The van der Waals surface area contributed by atoms with Crippen molar-refractivity contribution in [3.05, 3.63) is 0 Å². The minimum Gasteiger partial charge on any atom is -0.444 e. The molecule has 2 saturated heterocycles. The number of hydrogen-bond acceptors (Lipinski definition) is 4. The average molecular weight is 338 g/mol. The highest BCUT2D eigenvalue weighted by Crippen LogP contribution is 2.41. The molecule has 2 aliphatic heterocycles. The summed E-state index contributed by atoms with van der Waals surface area (Å²) in [5.41, 5.74) is -1.60. The van der Waals surface area contributed by atoms with Crippen LogP contribution in [-0.2, 0) is 14.3 Å². The van der Waals surface area contributed by atoms with E-state index in [2.05, 4.69) is 0 Å². The fourth-order valence-electron chi connectivity index (χ4n) is 3.71. The molecule has 2 heterocycles. The molecule has 1 saturated carbocycles. The van der Waals surface area contributed by atoms with E-state index in [1.54, 1.807) is 4.90 Å². The highest BCUT2D eigenvalue weighted by atomic mass is 16.6. The number of ether oxygens (including phenoxy) is 2. The maximum Gasteiger partial charge on any atom is 0.410 e. The van der Waals surface area contributed by atoms with E-state index in [0.717, 1.165) is 25.7 Å². The molecule has 0 aromatic rings. The molecule has 3 rings (SSSR count). The summed E-state index contributed by atoms with van der Waals surface area (Å²) in [6.45, 7) is 11.2. The maximum absolute atomic E-state index is 12.6. The fourth-order valence-corrected chi connectivity index (χ4v) is 3.71. The number of hydrogen-bond donors (Lipinski definition) is 0. The normalized spacial score (nSPS) is 26.6. The summed E-state index contributed by atoms with van der Waals surface area (Å²) in [4.78, 5) is 28.6. The van der Waals surface area contributed by atoms with Crippen molar-refractivity contribution in [1.82, 2.24) is 9.80 Å². The molecule has 136 valence electrons. The minimum absolute atomic E-state index is 0.102. The van der Waals surface area contributed by atoms with Gasteiger partial charge in [0.2, 0.25) is 0 Å². The first-order valence-electron chi connectivity index (χ1n) is 9.01. The second-order valence-corrected chi connectivity index (χ2v) is 8.93. The number of piperidine rings is 1. The van der Waals surface area contributed by atoms with Crippen LogP contribution in [0.4, 0.5) is 4.79 Å². The van der Waals surface area contributed by atoms with Gasteiger partial charge in [-0.3, -0.25) is 4.79 Å². The second kappa shape index (κ2) is 5.61. The lowest BCUT2D eigenvalue weighted by molar-refractivity contribution is -0.216. The monoisotopic (exact) mass is 338 g/mol. The molecule has 0 N–H and O–H groups in total. The number of morpholine rings is 1. The molecule has 0 radical (unpaired) electrons. The lowest BCUT2D eigenvalue weighted by Crippen LogP contribution is -2.66. The highest BCUT2D eigenvalue weighted by molar-refractivity contribution is 5.86. The Balaban J connectivity index is 1.66. The van der Waals surface area contributed by atoms with Gasteiger partial charge in [0.25, 0.3) is 5.91 Å². The van der Waals surface area contributed by atoms with Crippen molar-refractivity contribution in [3.8, 4) is 0 Å². The van der Waals surface area contributed by atoms with Gasteiger partial charge < -0.3 is 19.3 Å².